The Morgan fingerprint density at radius 3 is 1.61 bits per heavy atom. The molecule has 0 atom stereocenters. The molecular formula is C28H22Cl2N8OPd2. The Morgan fingerprint density at radius 1 is 0.561 bits per heavy atom. The van der Waals surface area contributed by atoms with Crippen molar-refractivity contribution in [1.82, 2.24) is 40.3 Å². The molecule has 0 bridgehead atoms. The van der Waals surface area contributed by atoms with Crippen molar-refractivity contribution in [2.75, 3.05) is 0 Å². The maximum atomic E-state index is 5.58. The van der Waals surface area contributed by atoms with Gasteiger partial charge in [-0.05, 0) is 50.2 Å². The maximum absolute atomic E-state index is 5.58. The summed E-state index contributed by atoms with van der Waals surface area (Å²) >= 11 is 4.44. The van der Waals surface area contributed by atoms with Crippen molar-refractivity contribution in [3.63, 3.8) is 0 Å². The van der Waals surface area contributed by atoms with Gasteiger partial charge in [-0.2, -0.15) is 0 Å². The van der Waals surface area contributed by atoms with Crippen LogP contribution in [0.15, 0.2) is 97.3 Å². The van der Waals surface area contributed by atoms with Crippen molar-refractivity contribution >= 4 is 19.1 Å². The normalized spacial score (nSPS) is 9.76. The van der Waals surface area contributed by atoms with E-state index in [9.17, 15) is 0 Å². The van der Waals surface area contributed by atoms with Crippen molar-refractivity contribution < 1.29 is 41.1 Å². The average Bonchev–Trinajstić information content (AvgIpc) is 3.69. The average molecular weight is 770 g/mol. The van der Waals surface area contributed by atoms with Crippen LogP contribution < -0.4 is 14.9 Å². The van der Waals surface area contributed by atoms with Crippen LogP contribution in [0.2, 0.25) is 0 Å². The van der Waals surface area contributed by atoms with Crippen molar-refractivity contribution in [1.29, 1.82) is 0 Å². The van der Waals surface area contributed by atoms with Gasteiger partial charge in [-0.15, -0.1) is 0 Å². The van der Waals surface area contributed by atoms with Crippen LogP contribution in [0, 0.1) is 13.8 Å². The molecule has 0 aliphatic rings. The summed E-state index contributed by atoms with van der Waals surface area (Å²) in [6.07, 6.45) is 3.43. The van der Waals surface area contributed by atoms with E-state index in [-0.39, 0.29) is 0 Å². The van der Waals surface area contributed by atoms with Gasteiger partial charge in [-0.1, -0.05) is 47.8 Å². The second kappa shape index (κ2) is 17.5. The second-order valence-corrected chi connectivity index (χ2v) is 8.00. The van der Waals surface area contributed by atoms with Crippen LogP contribution >= 0.6 is 19.1 Å². The molecule has 214 valence electrons. The van der Waals surface area contributed by atoms with E-state index in [1.165, 1.54) is 0 Å². The fraction of sp³-hybridized carbons (Fsp3) is 0.0714. The first kappa shape index (κ1) is 32.2. The third-order valence-corrected chi connectivity index (χ3v) is 5.09. The number of nitrogens with zero attached hydrogens (tertiary/aromatic N) is 8. The van der Waals surface area contributed by atoms with E-state index in [1.807, 2.05) is 86.6 Å². The molecule has 0 aliphatic heterocycles. The standard InChI is InChI=1S/C14H11N4O.C14H11N4.2ClH.2Pd/c1-10-9-12(18-17-10)11-5-4-7-14(16-11)19-13-6-2-3-8-15-13;1-10-9-14(18-17-10)13-7-4-6-12(16-13)11-5-2-3-8-15-11;;;;/h2-9H,1H3;2-9H,1H3;2*1H;;/q2*-1;;;2*+2/p-2. The molecule has 6 aromatic rings. The first-order chi connectivity index (χ1) is 20.1. The van der Waals surface area contributed by atoms with Gasteiger partial charge in [0.05, 0.1) is 22.8 Å². The van der Waals surface area contributed by atoms with Gasteiger partial charge in [0.25, 0.3) is 0 Å². The summed E-state index contributed by atoms with van der Waals surface area (Å²) in [5, 5.41) is 16.1. The molecule has 6 rings (SSSR count). The predicted octanol–water partition coefficient (Wildman–Crippen LogP) is 6.44. The van der Waals surface area contributed by atoms with E-state index in [2.05, 4.69) is 95.8 Å². The molecule has 41 heavy (non-hydrogen) atoms. The van der Waals surface area contributed by atoms with Gasteiger partial charge in [-0.25, -0.2) is 15.0 Å². The molecule has 13 heteroatoms. The van der Waals surface area contributed by atoms with Crippen LogP contribution in [0.4, 0.5) is 0 Å². The Balaban J connectivity index is 0.000000202. The third-order valence-electron chi connectivity index (χ3n) is 5.09. The molecule has 0 fully saturated rings. The summed E-state index contributed by atoms with van der Waals surface area (Å²) in [5.41, 5.74) is 6.55. The first-order valence-electron chi connectivity index (χ1n) is 11.8. The fourth-order valence-electron chi connectivity index (χ4n) is 3.39. The van der Waals surface area contributed by atoms with Crippen LogP contribution in [0.25, 0.3) is 34.2 Å². The molecule has 0 saturated carbocycles. The second-order valence-electron chi connectivity index (χ2n) is 8.00. The number of hydrogen-bond donors (Lipinski definition) is 0. The number of aromatic nitrogens is 8. The van der Waals surface area contributed by atoms with Crippen LogP contribution in [-0.4, -0.2) is 30.1 Å². The van der Waals surface area contributed by atoms with Crippen LogP contribution in [0.1, 0.15) is 11.4 Å². The number of pyridine rings is 4. The van der Waals surface area contributed by atoms with Gasteiger partial charge >= 0.3 is 55.4 Å². The van der Waals surface area contributed by atoms with E-state index in [1.54, 1.807) is 24.5 Å². The van der Waals surface area contributed by atoms with Crippen molar-refractivity contribution in [2.24, 2.45) is 0 Å². The van der Waals surface area contributed by atoms with Gasteiger partial charge in [-0.3, -0.25) is 4.98 Å². The SMILES string of the molecule is Cc1cc(-c2cccc(-c3ccccn3)n2)[n-]n1.Cc1cc(-c2cccc(Oc3ccccn3)n2)[n-]n1.[Cl][Pd+].[Cl][Pd+]. The predicted molar refractivity (Wildman–Crippen MR) is 150 cm³/mol. The molecule has 6 heterocycles. The van der Waals surface area contributed by atoms with Crippen LogP contribution in [-0.2, 0) is 36.4 Å². The number of halogens is 2. The van der Waals surface area contributed by atoms with E-state index in [4.69, 9.17) is 4.74 Å². The zero-order valence-electron chi connectivity index (χ0n) is 21.6. The van der Waals surface area contributed by atoms with Gasteiger partial charge in [0.1, 0.15) is 0 Å². The molecule has 0 amide bonds. The molecule has 9 nitrogen and oxygen atoms in total. The van der Waals surface area contributed by atoms with E-state index in [0.29, 0.717) is 11.8 Å². The Morgan fingerprint density at radius 2 is 1.07 bits per heavy atom. The fourth-order valence-corrected chi connectivity index (χ4v) is 3.39. The molecule has 0 N–H and O–H groups in total. The van der Waals surface area contributed by atoms with Crippen molar-refractivity contribution in [2.45, 2.75) is 13.8 Å². The minimum atomic E-state index is 0.483. The molecule has 0 spiro atoms. The molecule has 0 aromatic carbocycles. The Bertz CT molecular complexity index is 1600. The summed E-state index contributed by atoms with van der Waals surface area (Å²) < 4.78 is 5.58. The quantitative estimate of drug-likeness (QED) is 0.183. The Labute approximate surface area is 267 Å². The van der Waals surface area contributed by atoms with E-state index >= 15 is 0 Å². The topological polar surface area (TPSA) is 115 Å². The molecular weight excluding hydrogens is 748 g/mol. The van der Waals surface area contributed by atoms with Gasteiger partial charge in [0, 0.05) is 35.9 Å². The third kappa shape index (κ3) is 9.95. The number of ether oxygens (including phenoxy) is 1. The summed E-state index contributed by atoms with van der Waals surface area (Å²) in [7, 11) is 8.98. The summed E-state index contributed by atoms with van der Waals surface area (Å²) in [4.78, 5) is 17.3. The van der Waals surface area contributed by atoms with Crippen LogP contribution in [0.5, 0.6) is 11.8 Å². The zero-order valence-corrected chi connectivity index (χ0v) is 26.2. The monoisotopic (exact) mass is 768 g/mol. The molecule has 6 aromatic heterocycles. The van der Waals surface area contributed by atoms with Gasteiger partial charge in [0.2, 0.25) is 11.8 Å². The molecule has 0 saturated heterocycles. The number of hydrogen-bond acceptors (Lipinski definition) is 7. The number of rotatable bonds is 5. The van der Waals surface area contributed by atoms with Crippen molar-refractivity contribution in [3.8, 4) is 45.9 Å². The van der Waals surface area contributed by atoms with E-state index < -0.39 is 0 Å². The van der Waals surface area contributed by atoms with Crippen molar-refractivity contribution in [3.05, 3.63) is 109 Å². The zero-order chi connectivity index (χ0) is 29.5. The molecule has 0 radical (unpaired) electrons. The summed E-state index contributed by atoms with van der Waals surface area (Å²) in [6.45, 7) is 3.81. The molecule has 0 unspecified atom stereocenters. The summed E-state index contributed by atoms with van der Waals surface area (Å²) in [6, 6.07) is 26.4. The van der Waals surface area contributed by atoms with Gasteiger partial charge in [0.15, 0.2) is 0 Å². The first-order valence-corrected chi connectivity index (χ1v) is 15.8. The Hall–Kier alpha value is -3.28. The van der Waals surface area contributed by atoms with E-state index in [0.717, 1.165) is 45.6 Å². The minimum absolute atomic E-state index is 0.483. The summed E-state index contributed by atoms with van der Waals surface area (Å²) in [5.74, 6) is 0.994. The van der Waals surface area contributed by atoms with Gasteiger partial charge < -0.3 is 25.1 Å². The Kier molecular flexibility index (Phi) is 13.8. The van der Waals surface area contributed by atoms with Crippen LogP contribution in [0.3, 0.4) is 0 Å². The molecule has 0 aliphatic carbocycles. The number of aryl methyl sites for hydroxylation is 2.